The fourth-order valence-electron chi connectivity index (χ4n) is 12.0. The van der Waals surface area contributed by atoms with Gasteiger partial charge in [-0.05, 0) is 87.5 Å². The normalized spacial score (nSPS) is 22.5. The summed E-state index contributed by atoms with van der Waals surface area (Å²) >= 11 is 0. The van der Waals surface area contributed by atoms with Gasteiger partial charge in [0.1, 0.15) is 47.8 Å². The molecule has 4 aromatic rings. The summed E-state index contributed by atoms with van der Waals surface area (Å²) in [6.45, 7) is 6.84. The Hall–Kier alpha value is -9.50. The van der Waals surface area contributed by atoms with E-state index in [9.17, 15) is 67.7 Å². The van der Waals surface area contributed by atoms with Gasteiger partial charge in [0.05, 0.1) is 37.2 Å². The Morgan fingerprint density at radius 3 is 1.26 bits per heavy atom. The van der Waals surface area contributed by atoms with Crippen molar-refractivity contribution in [3.63, 3.8) is 0 Å². The van der Waals surface area contributed by atoms with Gasteiger partial charge < -0.3 is 71.5 Å². The van der Waals surface area contributed by atoms with Crippen LogP contribution in [0.1, 0.15) is 114 Å². The first-order valence-electron chi connectivity index (χ1n) is 31.4. The molecule has 2 aromatic carbocycles. The van der Waals surface area contributed by atoms with Crippen molar-refractivity contribution in [2.75, 3.05) is 79.5 Å². The van der Waals surface area contributed by atoms with Crippen LogP contribution in [0.3, 0.4) is 0 Å². The Balaban J connectivity index is 1.21. The monoisotopic (exact) mass is 1270 g/mol. The van der Waals surface area contributed by atoms with Crippen LogP contribution in [-0.4, -0.2) is 236 Å². The van der Waals surface area contributed by atoms with E-state index < -0.39 is 181 Å². The summed E-state index contributed by atoms with van der Waals surface area (Å²) < 4.78 is 0. The molecule has 0 saturated carbocycles. The number of pyridine rings is 2. The zero-order valence-corrected chi connectivity index (χ0v) is 53.5. The molecule has 3 aliphatic heterocycles. The van der Waals surface area contributed by atoms with E-state index in [0.29, 0.717) is 60.3 Å². The average Bonchev–Trinajstić information content (AvgIpc) is 1.37. The minimum atomic E-state index is -1.61. The van der Waals surface area contributed by atoms with Crippen LogP contribution in [0.2, 0.25) is 0 Å². The molecule has 496 valence electrons. The topological polar surface area (TPSA) is 363 Å². The molecule has 28 heteroatoms. The zero-order valence-electron chi connectivity index (χ0n) is 53.5. The number of hydrogen-bond acceptors (Lipinski definition) is 16. The van der Waals surface area contributed by atoms with E-state index in [2.05, 4.69) is 41.9 Å². The van der Waals surface area contributed by atoms with Crippen molar-refractivity contribution in [3.8, 4) is 11.5 Å². The molecule has 1 unspecified atom stereocenters. The number of fused-ring (bicyclic) bond motifs is 4. The molecule has 7 rings (SSSR count). The number of aromatic nitrogens is 2. The van der Waals surface area contributed by atoms with E-state index in [0.717, 1.165) is 9.80 Å². The fraction of sp³-hybridized carbons (Fsp3) is 0.531. The molecule has 5 heterocycles. The third-order valence-electron chi connectivity index (χ3n) is 16.8. The summed E-state index contributed by atoms with van der Waals surface area (Å²) in [6.07, 6.45) is 2.83. The summed E-state index contributed by atoms with van der Waals surface area (Å²) in [6, 6.07) is 7.98. The van der Waals surface area contributed by atoms with Crippen LogP contribution in [-0.2, 0) is 47.9 Å². The maximum Gasteiger partial charge on any atom is 0.274 e. The molecule has 0 bridgehead atoms. The summed E-state index contributed by atoms with van der Waals surface area (Å²) in [5.41, 5.74) is -0.168. The second-order valence-electron chi connectivity index (χ2n) is 24.2. The Bertz CT molecular complexity index is 3210. The number of piperidine rings is 2. The molecule has 3 saturated heterocycles. The van der Waals surface area contributed by atoms with Crippen LogP contribution < -0.4 is 31.9 Å². The lowest BCUT2D eigenvalue weighted by Gasteiger charge is -2.38. The van der Waals surface area contributed by atoms with Crippen LogP contribution in [0.4, 0.5) is 0 Å². The highest BCUT2D eigenvalue weighted by molar-refractivity contribution is 6.03. The minimum Gasteiger partial charge on any atom is -0.505 e. The van der Waals surface area contributed by atoms with Gasteiger partial charge in [0.25, 0.3) is 11.8 Å². The van der Waals surface area contributed by atoms with Gasteiger partial charge in [0.15, 0.2) is 11.4 Å². The van der Waals surface area contributed by atoms with Gasteiger partial charge in [-0.15, -0.1) is 0 Å². The Labute approximate surface area is 533 Å². The van der Waals surface area contributed by atoms with E-state index in [1.807, 2.05) is 0 Å². The molecular weight excluding hydrogens is 1190 g/mol. The average molecular weight is 1280 g/mol. The minimum absolute atomic E-state index is 0.0125. The Morgan fingerprint density at radius 2 is 0.902 bits per heavy atom. The molecule has 2 aromatic heterocycles. The predicted molar refractivity (Wildman–Crippen MR) is 337 cm³/mol. The maximum absolute atomic E-state index is 14.9. The summed E-state index contributed by atoms with van der Waals surface area (Å²) in [5, 5.41) is 39.0. The second kappa shape index (κ2) is 32.0. The number of hydrogen-bond donors (Lipinski definition) is 8. The van der Waals surface area contributed by atoms with Crippen LogP contribution in [0, 0.1) is 11.8 Å². The number of carbonyl (C=O) groups excluding carboxylic acids is 12. The largest absolute Gasteiger partial charge is 0.505 e. The molecule has 12 amide bonds. The molecule has 0 spiro atoms. The molecule has 92 heavy (non-hydrogen) atoms. The molecule has 28 nitrogen and oxygen atoms in total. The number of aromatic hydroxyl groups is 2. The lowest BCUT2D eigenvalue weighted by molar-refractivity contribution is -0.147. The number of nitrogens with one attached hydrogen (secondary N) is 6. The van der Waals surface area contributed by atoms with Crippen molar-refractivity contribution < 1.29 is 67.7 Å². The van der Waals surface area contributed by atoms with Gasteiger partial charge in [0.2, 0.25) is 59.1 Å². The van der Waals surface area contributed by atoms with Crippen LogP contribution >= 0.6 is 0 Å². The van der Waals surface area contributed by atoms with Crippen molar-refractivity contribution in [1.82, 2.24) is 71.3 Å². The maximum atomic E-state index is 14.9. The van der Waals surface area contributed by atoms with Crippen LogP contribution in [0.5, 0.6) is 11.5 Å². The van der Waals surface area contributed by atoms with Crippen LogP contribution in [0.15, 0.2) is 60.7 Å². The number of likely N-dealkylation sites (N-methyl/N-ethyl adjacent to an activating group) is 2. The number of amides is 12. The first-order chi connectivity index (χ1) is 43.8. The quantitative estimate of drug-likeness (QED) is 0.109. The third kappa shape index (κ3) is 17.1. The molecule has 0 aliphatic carbocycles. The number of nitrogens with zero attached hydrogens (tertiary/aromatic N) is 8. The van der Waals surface area contributed by atoms with Gasteiger partial charge in [-0.1, -0.05) is 77.9 Å². The van der Waals surface area contributed by atoms with Gasteiger partial charge in [-0.2, -0.15) is 0 Å². The highest BCUT2D eigenvalue weighted by atomic mass is 16.3. The molecular formula is C64H86N14O14. The Kier molecular flexibility index (Phi) is 24.3. The van der Waals surface area contributed by atoms with E-state index in [1.54, 1.807) is 90.1 Å². The smallest absolute Gasteiger partial charge is 0.274 e. The van der Waals surface area contributed by atoms with Gasteiger partial charge in [0, 0.05) is 64.1 Å². The molecule has 3 fully saturated rings. The van der Waals surface area contributed by atoms with Gasteiger partial charge in [-0.3, -0.25) is 57.5 Å². The fourth-order valence-corrected chi connectivity index (χ4v) is 12.0. The van der Waals surface area contributed by atoms with Gasteiger partial charge in [-0.25, -0.2) is 9.97 Å². The SMILES string of the molecule is CCCN1CC(=O)N(C)C(C(C)C)C(=O)NC[C@@H](NC(=O)c2nc3ccccc3cc2O)C(=O)N2CCCC[C@H]2C(=O)NCC(=O)N(CCC)CC(=O)N(C)[C@@H](C(C)C)C(=O)NC[C@@H](NC(=O)c2nc3ccccc3cc2O)C(=O)N2CCCC[C@H]2C(=O)NCC1=O. The summed E-state index contributed by atoms with van der Waals surface area (Å²) in [4.78, 5) is 188. The van der Waals surface area contributed by atoms with Gasteiger partial charge >= 0.3 is 0 Å². The molecule has 6 atom stereocenters. The lowest BCUT2D eigenvalue weighted by Crippen LogP contribution is -2.61. The Morgan fingerprint density at radius 1 is 0.533 bits per heavy atom. The number of benzene rings is 2. The zero-order chi connectivity index (χ0) is 67.1. The van der Waals surface area contributed by atoms with E-state index in [1.165, 1.54) is 45.8 Å². The van der Waals surface area contributed by atoms with Crippen molar-refractivity contribution in [2.45, 2.75) is 129 Å². The first-order valence-corrected chi connectivity index (χ1v) is 31.4. The second-order valence-corrected chi connectivity index (χ2v) is 24.2. The molecule has 0 radical (unpaired) electrons. The van der Waals surface area contributed by atoms with Crippen LogP contribution in [0.25, 0.3) is 21.8 Å². The van der Waals surface area contributed by atoms with E-state index in [4.69, 9.17) is 0 Å². The number of carbonyl (C=O) groups is 12. The van der Waals surface area contributed by atoms with Crippen molar-refractivity contribution in [3.05, 3.63) is 72.1 Å². The standard InChI is InChI=1S/C64H86N14O14/c1-9-25-75-35-51(83)73(7)55(37(3)4)61(89)65-31-43(71-59(87)53-47(79)29-39-19-11-13-21-41(39)69-53)64(92)78-28-18-16-24-46(78)58(86)68-34-50(82)76(26-10-2)36-52(84)74(8)56(38(5)6)62(90)66-32-44(63(91)77-27-17-15-23-45(77)57(85)67-33-49(75)81)72-60(88)54-48(80)30-40-20-12-14-22-42(40)70-54/h11-14,19-22,29-30,37-38,43-46,55-56,79-80H,9-10,15-18,23-28,31-36H2,1-8H3,(H,65,89)(H,66,90)(H,67,85)(H,68,86)(H,71,87)(H,72,88)/t43-,44-,45+,46+,55+,56?/m1/s1. The predicted octanol–water partition coefficient (Wildman–Crippen LogP) is 0.775. The number of para-hydroxylation sites is 2. The number of rotatable bonds is 10. The highest BCUT2D eigenvalue weighted by Gasteiger charge is 2.41. The van der Waals surface area contributed by atoms with Crippen molar-refractivity contribution in [1.29, 1.82) is 0 Å². The molecule has 8 N–H and O–H groups in total. The molecule has 3 aliphatic rings. The summed E-state index contributed by atoms with van der Waals surface area (Å²) in [7, 11) is 2.74. The highest BCUT2D eigenvalue weighted by Crippen LogP contribution is 2.26. The summed E-state index contributed by atoms with van der Waals surface area (Å²) in [5.74, 6) is -11.5. The lowest BCUT2D eigenvalue weighted by atomic mass is 9.99. The first kappa shape index (κ1) is 70.0. The van der Waals surface area contributed by atoms with E-state index >= 15 is 0 Å². The van der Waals surface area contributed by atoms with E-state index in [-0.39, 0.29) is 39.0 Å². The van der Waals surface area contributed by atoms with Crippen molar-refractivity contribution >= 4 is 92.7 Å². The third-order valence-corrected chi connectivity index (χ3v) is 16.8. The van der Waals surface area contributed by atoms with Crippen molar-refractivity contribution in [2.24, 2.45) is 11.8 Å².